The number of nitro benzene ring substituents is 1. The highest BCUT2D eigenvalue weighted by Crippen LogP contribution is 2.26. The molecule has 2 aromatic rings. The fourth-order valence-electron chi connectivity index (χ4n) is 3.02. The van der Waals surface area contributed by atoms with Crippen LogP contribution < -0.4 is 5.32 Å². The molecule has 8 nitrogen and oxygen atoms in total. The van der Waals surface area contributed by atoms with Crippen molar-refractivity contribution in [2.45, 2.75) is 19.3 Å². The Morgan fingerprint density at radius 2 is 1.62 bits per heavy atom. The lowest BCUT2D eigenvalue weighted by Crippen LogP contribution is -2.41. The molecule has 1 N–H and O–H groups in total. The normalized spacial score (nSPS) is 14.7. The third-order valence-corrected chi connectivity index (χ3v) is 5.44. The number of nitrogens with zero attached hydrogens (tertiary/aromatic N) is 3. The van der Waals surface area contributed by atoms with E-state index in [4.69, 9.17) is 0 Å². The number of halogens is 1. The van der Waals surface area contributed by atoms with E-state index in [0.717, 1.165) is 19.3 Å². The Labute approximate surface area is 175 Å². The molecule has 2 amide bonds. The topological polar surface area (TPSA) is 105 Å². The molecule has 29 heavy (non-hydrogen) atoms. The maximum absolute atomic E-state index is 13.1. The van der Waals surface area contributed by atoms with Crippen molar-refractivity contribution >= 4 is 37.9 Å². The predicted molar refractivity (Wildman–Crippen MR) is 111 cm³/mol. The Morgan fingerprint density at radius 1 is 1.00 bits per heavy atom. The van der Waals surface area contributed by atoms with Crippen molar-refractivity contribution in [1.82, 2.24) is 15.2 Å². The number of aromatic nitrogens is 1. The van der Waals surface area contributed by atoms with Crippen LogP contribution in [0.5, 0.6) is 0 Å². The average Bonchev–Trinajstić information content (AvgIpc) is 2.77. The lowest BCUT2D eigenvalue weighted by atomic mass is 10.1. The zero-order chi connectivity index (χ0) is 20.8. The molecule has 9 heteroatoms. The number of nitro groups is 1. The molecule has 0 spiro atoms. The van der Waals surface area contributed by atoms with Gasteiger partial charge in [-0.1, -0.05) is 0 Å². The van der Waals surface area contributed by atoms with Gasteiger partial charge in [0.2, 0.25) is 0 Å². The van der Waals surface area contributed by atoms with Gasteiger partial charge in [0.05, 0.1) is 9.41 Å². The van der Waals surface area contributed by atoms with Crippen LogP contribution in [0, 0.1) is 10.1 Å². The van der Waals surface area contributed by atoms with E-state index in [-0.39, 0.29) is 22.9 Å². The Bertz CT molecular complexity index is 939. The van der Waals surface area contributed by atoms with Crippen LogP contribution in [0.3, 0.4) is 0 Å². The lowest BCUT2D eigenvalue weighted by molar-refractivity contribution is -0.384. The first-order valence-electron chi connectivity index (χ1n) is 9.12. The number of carbonyl (C=O) groups is 2. The molecule has 3 rings (SSSR count). The Morgan fingerprint density at radius 3 is 2.21 bits per heavy atom. The summed E-state index contributed by atoms with van der Waals surface area (Å²) in [6.07, 6.45) is 6.10. The van der Waals surface area contributed by atoms with Gasteiger partial charge >= 0.3 is 0 Å². The first-order chi connectivity index (χ1) is 14.0. The van der Waals surface area contributed by atoms with E-state index in [1.807, 2.05) is 0 Å². The van der Waals surface area contributed by atoms with Crippen LogP contribution >= 0.6 is 15.9 Å². The van der Waals surface area contributed by atoms with Crippen molar-refractivity contribution in [3.63, 3.8) is 0 Å². The summed E-state index contributed by atoms with van der Waals surface area (Å²) in [6.45, 7) is 1.26. The molecule has 2 heterocycles. The van der Waals surface area contributed by atoms with E-state index in [2.05, 4.69) is 26.2 Å². The maximum atomic E-state index is 13.1. The van der Waals surface area contributed by atoms with Crippen molar-refractivity contribution < 1.29 is 14.5 Å². The van der Waals surface area contributed by atoms with E-state index < -0.39 is 10.8 Å². The first-order valence-corrected chi connectivity index (χ1v) is 9.92. The average molecular weight is 459 g/mol. The standard InChI is InChI=1S/C20H19BrN4O4/c21-17(14-8-10-22-11-9-14)18(20(27)24-12-2-1-3-13-24)23-19(26)15-4-6-16(7-5-15)25(28)29/h4-11H,1-3,12-13H2,(H,23,26)/b18-17+. The van der Waals surface area contributed by atoms with Crippen LogP contribution in [0.1, 0.15) is 35.2 Å². The SMILES string of the molecule is O=C(N/C(C(=O)N1CCCCC1)=C(/Br)c1ccncc1)c1ccc([N+](=O)[O-])cc1. The molecule has 0 bridgehead atoms. The van der Waals surface area contributed by atoms with Crippen LogP contribution in [0.25, 0.3) is 4.48 Å². The number of amides is 2. The minimum absolute atomic E-state index is 0.111. The quantitative estimate of drug-likeness (QED) is 0.419. The molecule has 1 aromatic heterocycles. The third kappa shape index (κ3) is 5.05. The number of rotatable bonds is 5. The number of nitrogens with one attached hydrogen (secondary N) is 1. The van der Waals surface area contributed by atoms with Crippen LogP contribution in [0.2, 0.25) is 0 Å². The minimum Gasteiger partial charge on any atom is -0.337 e. The molecule has 1 aliphatic rings. The summed E-state index contributed by atoms with van der Waals surface area (Å²) in [4.78, 5) is 41.8. The molecule has 1 aliphatic heterocycles. The van der Waals surface area contributed by atoms with E-state index in [1.54, 1.807) is 29.4 Å². The molecular formula is C20H19BrN4O4. The van der Waals surface area contributed by atoms with Gasteiger partial charge in [-0.3, -0.25) is 24.7 Å². The van der Waals surface area contributed by atoms with Crippen LogP contribution in [0.15, 0.2) is 54.5 Å². The maximum Gasteiger partial charge on any atom is 0.271 e. The van der Waals surface area contributed by atoms with Gasteiger partial charge in [-0.25, -0.2) is 0 Å². The monoisotopic (exact) mass is 458 g/mol. The van der Waals surface area contributed by atoms with Gasteiger partial charge < -0.3 is 10.2 Å². The van der Waals surface area contributed by atoms with Crippen molar-refractivity contribution in [3.8, 4) is 0 Å². The highest BCUT2D eigenvalue weighted by molar-refractivity contribution is 9.15. The second-order valence-electron chi connectivity index (χ2n) is 6.54. The van der Waals surface area contributed by atoms with E-state index in [9.17, 15) is 19.7 Å². The smallest absolute Gasteiger partial charge is 0.271 e. The summed E-state index contributed by atoms with van der Waals surface area (Å²) < 4.78 is 0.450. The molecule has 1 aromatic carbocycles. The Hall–Kier alpha value is -3.07. The molecule has 1 fully saturated rings. The number of hydrogen-bond donors (Lipinski definition) is 1. The number of piperidine rings is 1. The fraction of sp³-hybridized carbons (Fsp3) is 0.250. The molecule has 0 unspecified atom stereocenters. The van der Waals surface area contributed by atoms with E-state index >= 15 is 0 Å². The van der Waals surface area contributed by atoms with Crippen molar-refractivity contribution in [2.24, 2.45) is 0 Å². The molecular weight excluding hydrogens is 440 g/mol. The number of carbonyl (C=O) groups excluding carboxylic acids is 2. The first kappa shape index (κ1) is 20.7. The van der Waals surface area contributed by atoms with E-state index in [0.29, 0.717) is 23.1 Å². The van der Waals surface area contributed by atoms with Gasteiger partial charge in [0.1, 0.15) is 5.70 Å². The summed E-state index contributed by atoms with van der Waals surface area (Å²) in [5.41, 5.74) is 0.931. The van der Waals surface area contributed by atoms with E-state index in [1.165, 1.54) is 24.3 Å². The Balaban J connectivity index is 1.91. The van der Waals surface area contributed by atoms with Crippen molar-refractivity contribution in [3.05, 3.63) is 75.7 Å². The zero-order valence-electron chi connectivity index (χ0n) is 15.5. The van der Waals surface area contributed by atoms with Gasteiger partial charge in [0, 0.05) is 43.2 Å². The number of non-ortho nitro benzene ring substituents is 1. The number of pyridine rings is 1. The second-order valence-corrected chi connectivity index (χ2v) is 7.33. The number of likely N-dealkylation sites (tertiary alicyclic amines) is 1. The summed E-state index contributed by atoms with van der Waals surface area (Å²) in [5, 5.41) is 13.5. The summed E-state index contributed by atoms with van der Waals surface area (Å²) in [6, 6.07) is 8.68. The summed E-state index contributed by atoms with van der Waals surface area (Å²) >= 11 is 3.45. The second kappa shape index (κ2) is 9.42. The molecule has 0 saturated carbocycles. The highest BCUT2D eigenvalue weighted by Gasteiger charge is 2.25. The largest absolute Gasteiger partial charge is 0.337 e. The minimum atomic E-state index is -0.535. The van der Waals surface area contributed by atoms with Gasteiger partial charge in [-0.15, -0.1) is 0 Å². The van der Waals surface area contributed by atoms with Crippen LogP contribution in [0.4, 0.5) is 5.69 Å². The van der Waals surface area contributed by atoms with Crippen molar-refractivity contribution in [1.29, 1.82) is 0 Å². The molecule has 0 aliphatic carbocycles. The van der Waals surface area contributed by atoms with Gasteiger partial charge in [-0.2, -0.15) is 0 Å². The van der Waals surface area contributed by atoms with Crippen LogP contribution in [-0.4, -0.2) is 39.7 Å². The van der Waals surface area contributed by atoms with Crippen molar-refractivity contribution in [2.75, 3.05) is 13.1 Å². The Kier molecular flexibility index (Phi) is 6.71. The van der Waals surface area contributed by atoms with Gasteiger partial charge in [0.15, 0.2) is 0 Å². The predicted octanol–water partition coefficient (Wildman–Crippen LogP) is 3.50. The molecule has 0 radical (unpaired) electrons. The fourth-order valence-corrected chi connectivity index (χ4v) is 3.55. The number of hydrogen-bond acceptors (Lipinski definition) is 5. The molecule has 150 valence electrons. The van der Waals surface area contributed by atoms with Gasteiger partial charge in [-0.05, 0) is 65.0 Å². The zero-order valence-corrected chi connectivity index (χ0v) is 17.1. The van der Waals surface area contributed by atoms with Gasteiger partial charge in [0.25, 0.3) is 17.5 Å². The summed E-state index contributed by atoms with van der Waals surface area (Å²) in [7, 11) is 0. The summed E-state index contributed by atoms with van der Waals surface area (Å²) in [5.74, 6) is -0.796. The molecule has 0 atom stereocenters. The lowest BCUT2D eigenvalue weighted by Gasteiger charge is -2.28. The van der Waals surface area contributed by atoms with Crippen LogP contribution in [-0.2, 0) is 4.79 Å². The number of benzene rings is 1. The molecule has 1 saturated heterocycles. The highest BCUT2D eigenvalue weighted by atomic mass is 79.9. The third-order valence-electron chi connectivity index (χ3n) is 4.59.